The van der Waals surface area contributed by atoms with Gasteiger partial charge in [0.15, 0.2) is 0 Å². The molecule has 1 N–H and O–H groups in total. The predicted octanol–water partition coefficient (Wildman–Crippen LogP) is 4.29. The molecule has 1 aliphatic rings. The molecule has 0 heterocycles. The molecule has 0 aromatic heterocycles. The molecule has 0 bridgehead atoms. The van der Waals surface area contributed by atoms with Gasteiger partial charge in [-0.15, -0.1) is 0 Å². The standard InChI is InChI=1S/C16H20O/c1-12-4-6-13(7-5-12)16(2,3)14-8-10-15(17)11-9-14/h4-8,10-11,14,17H,9H2,1-3H3. The molecule has 17 heavy (non-hydrogen) atoms. The first kappa shape index (κ1) is 12.0. The average molecular weight is 228 g/mol. The molecule has 0 fully saturated rings. The van der Waals surface area contributed by atoms with Crippen LogP contribution < -0.4 is 0 Å². The highest BCUT2D eigenvalue weighted by atomic mass is 16.3. The molecule has 1 unspecified atom stereocenters. The third-order valence-corrected chi connectivity index (χ3v) is 3.80. The summed E-state index contributed by atoms with van der Waals surface area (Å²) in [6, 6.07) is 8.75. The highest BCUT2D eigenvalue weighted by Gasteiger charge is 2.29. The Balaban J connectivity index is 2.25. The van der Waals surface area contributed by atoms with Gasteiger partial charge in [-0.3, -0.25) is 0 Å². The second-order valence-electron chi connectivity index (χ2n) is 5.42. The molecule has 0 saturated heterocycles. The van der Waals surface area contributed by atoms with E-state index < -0.39 is 0 Å². The van der Waals surface area contributed by atoms with Crippen LogP contribution in [0.4, 0.5) is 0 Å². The van der Waals surface area contributed by atoms with Crippen LogP contribution in [0.5, 0.6) is 0 Å². The van der Waals surface area contributed by atoms with Crippen molar-refractivity contribution >= 4 is 0 Å². The van der Waals surface area contributed by atoms with Gasteiger partial charge in [-0.1, -0.05) is 49.8 Å². The molecule has 0 spiro atoms. The zero-order valence-corrected chi connectivity index (χ0v) is 10.8. The maximum Gasteiger partial charge on any atom is 0.111 e. The first-order chi connectivity index (χ1) is 8.00. The molecule has 1 nitrogen and oxygen atoms in total. The highest BCUT2D eigenvalue weighted by Crippen LogP contribution is 2.36. The lowest BCUT2D eigenvalue weighted by molar-refractivity contribution is 0.363. The Bertz CT molecular complexity index is 449. The number of aliphatic hydroxyl groups excluding tert-OH is 1. The second kappa shape index (κ2) is 4.40. The summed E-state index contributed by atoms with van der Waals surface area (Å²) in [6.07, 6.45) is 6.74. The van der Waals surface area contributed by atoms with Gasteiger partial charge in [-0.2, -0.15) is 0 Å². The summed E-state index contributed by atoms with van der Waals surface area (Å²) in [5.74, 6) is 0.835. The maximum atomic E-state index is 9.37. The quantitative estimate of drug-likeness (QED) is 0.800. The van der Waals surface area contributed by atoms with E-state index in [9.17, 15) is 5.11 Å². The van der Waals surface area contributed by atoms with Gasteiger partial charge in [0, 0.05) is 0 Å². The number of aliphatic hydroxyl groups is 1. The normalized spacial score (nSPS) is 20.2. The summed E-state index contributed by atoms with van der Waals surface area (Å²) in [6.45, 7) is 6.64. The Morgan fingerprint density at radius 2 is 1.82 bits per heavy atom. The van der Waals surface area contributed by atoms with Gasteiger partial charge >= 0.3 is 0 Å². The Labute approximate surface area is 103 Å². The van der Waals surface area contributed by atoms with Crippen molar-refractivity contribution in [2.75, 3.05) is 0 Å². The first-order valence-electron chi connectivity index (χ1n) is 6.14. The molecular formula is C16H20O. The summed E-state index contributed by atoms with van der Waals surface area (Å²) in [7, 11) is 0. The van der Waals surface area contributed by atoms with Gasteiger partial charge < -0.3 is 5.11 Å². The van der Waals surface area contributed by atoms with E-state index in [2.05, 4.69) is 51.1 Å². The van der Waals surface area contributed by atoms with Crippen molar-refractivity contribution in [3.05, 3.63) is 59.4 Å². The van der Waals surface area contributed by atoms with Crippen LogP contribution in [-0.2, 0) is 5.41 Å². The number of benzene rings is 1. The van der Waals surface area contributed by atoms with Gasteiger partial charge in [0.25, 0.3) is 0 Å². The molecule has 1 aliphatic carbocycles. The lowest BCUT2D eigenvalue weighted by Gasteiger charge is -2.33. The fourth-order valence-corrected chi connectivity index (χ4v) is 2.34. The van der Waals surface area contributed by atoms with E-state index in [1.165, 1.54) is 11.1 Å². The van der Waals surface area contributed by atoms with Gasteiger partial charge in [0.2, 0.25) is 0 Å². The molecule has 0 aliphatic heterocycles. The Morgan fingerprint density at radius 3 is 2.35 bits per heavy atom. The number of rotatable bonds is 2. The lowest BCUT2D eigenvalue weighted by atomic mass is 9.71. The van der Waals surface area contributed by atoms with E-state index in [-0.39, 0.29) is 5.41 Å². The van der Waals surface area contributed by atoms with Crippen LogP contribution in [0.15, 0.2) is 48.3 Å². The van der Waals surface area contributed by atoms with E-state index >= 15 is 0 Å². The topological polar surface area (TPSA) is 20.2 Å². The van der Waals surface area contributed by atoms with Gasteiger partial charge in [-0.05, 0) is 42.4 Å². The molecule has 0 radical (unpaired) electrons. The van der Waals surface area contributed by atoms with Crippen molar-refractivity contribution in [3.8, 4) is 0 Å². The van der Waals surface area contributed by atoms with Gasteiger partial charge in [0.1, 0.15) is 5.76 Å². The third-order valence-electron chi connectivity index (χ3n) is 3.80. The van der Waals surface area contributed by atoms with E-state index in [1.807, 2.05) is 12.2 Å². The fraction of sp³-hybridized carbons (Fsp3) is 0.375. The van der Waals surface area contributed by atoms with Gasteiger partial charge in [-0.25, -0.2) is 0 Å². The lowest BCUT2D eigenvalue weighted by Crippen LogP contribution is -2.28. The SMILES string of the molecule is Cc1ccc(C(C)(C)C2C=CC(O)=CC2)cc1. The fourth-order valence-electron chi connectivity index (χ4n) is 2.34. The summed E-state index contributed by atoms with van der Waals surface area (Å²) in [5.41, 5.74) is 2.75. The summed E-state index contributed by atoms with van der Waals surface area (Å²) in [5, 5.41) is 9.37. The number of aryl methyl sites for hydroxylation is 1. The molecule has 1 heteroatoms. The molecule has 90 valence electrons. The Hall–Kier alpha value is -1.50. The van der Waals surface area contributed by atoms with Crippen molar-refractivity contribution in [1.29, 1.82) is 0 Å². The number of hydrogen-bond donors (Lipinski definition) is 1. The van der Waals surface area contributed by atoms with Crippen molar-refractivity contribution in [1.82, 2.24) is 0 Å². The molecule has 0 amide bonds. The van der Waals surface area contributed by atoms with E-state index in [4.69, 9.17) is 0 Å². The largest absolute Gasteiger partial charge is 0.508 e. The Kier molecular flexibility index (Phi) is 3.10. The van der Waals surface area contributed by atoms with Crippen LogP contribution >= 0.6 is 0 Å². The third kappa shape index (κ3) is 2.44. The Morgan fingerprint density at radius 1 is 1.18 bits per heavy atom. The van der Waals surface area contributed by atoms with E-state index in [1.54, 1.807) is 0 Å². The first-order valence-corrected chi connectivity index (χ1v) is 6.14. The molecule has 1 atom stereocenters. The van der Waals surface area contributed by atoms with Crippen LogP contribution in [-0.4, -0.2) is 5.11 Å². The van der Waals surface area contributed by atoms with Crippen LogP contribution in [0, 0.1) is 12.8 Å². The van der Waals surface area contributed by atoms with Crippen molar-refractivity contribution in [2.24, 2.45) is 5.92 Å². The van der Waals surface area contributed by atoms with Crippen molar-refractivity contribution in [2.45, 2.75) is 32.6 Å². The zero-order chi connectivity index (χ0) is 12.5. The summed E-state index contributed by atoms with van der Waals surface area (Å²) < 4.78 is 0. The smallest absolute Gasteiger partial charge is 0.111 e. The summed E-state index contributed by atoms with van der Waals surface area (Å²) in [4.78, 5) is 0. The monoisotopic (exact) mass is 228 g/mol. The second-order valence-corrected chi connectivity index (χ2v) is 5.42. The molecule has 1 aromatic rings. The molecule has 2 rings (SSSR count). The van der Waals surface area contributed by atoms with Crippen molar-refractivity contribution < 1.29 is 5.11 Å². The van der Waals surface area contributed by atoms with E-state index in [0.717, 1.165) is 6.42 Å². The molecule has 0 saturated carbocycles. The molecule has 1 aromatic carbocycles. The minimum Gasteiger partial charge on any atom is -0.508 e. The predicted molar refractivity (Wildman–Crippen MR) is 72.2 cm³/mol. The van der Waals surface area contributed by atoms with Crippen LogP contribution in [0.3, 0.4) is 0 Å². The van der Waals surface area contributed by atoms with Crippen LogP contribution in [0.25, 0.3) is 0 Å². The minimum atomic E-state index is 0.0986. The highest BCUT2D eigenvalue weighted by molar-refractivity contribution is 5.31. The van der Waals surface area contributed by atoms with Crippen LogP contribution in [0.1, 0.15) is 31.4 Å². The van der Waals surface area contributed by atoms with Gasteiger partial charge in [0.05, 0.1) is 0 Å². The number of hydrogen-bond acceptors (Lipinski definition) is 1. The van der Waals surface area contributed by atoms with Crippen molar-refractivity contribution in [3.63, 3.8) is 0 Å². The van der Waals surface area contributed by atoms with Crippen LogP contribution in [0.2, 0.25) is 0 Å². The minimum absolute atomic E-state index is 0.0986. The van der Waals surface area contributed by atoms with E-state index in [0.29, 0.717) is 11.7 Å². The maximum absolute atomic E-state index is 9.37. The average Bonchev–Trinajstić information content (AvgIpc) is 2.30. The zero-order valence-electron chi connectivity index (χ0n) is 10.8. The molecular weight excluding hydrogens is 208 g/mol. The summed E-state index contributed by atoms with van der Waals surface area (Å²) >= 11 is 0. The number of allylic oxidation sites excluding steroid dienone is 3.